The zero-order valence-corrected chi connectivity index (χ0v) is 14.9. The van der Waals surface area contributed by atoms with Gasteiger partial charge in [-0.3, -0.25) is 4.79 Å². The summed E-state index contributed by atoms with van der Waals surface area (Å²) < 4.78 is 10.6. The molecule has 1 aromatic carbocycles. The quantitative estimate of drug-likeness (QED) is 0.775. The Morgan fingerprint density at radius 2 is 1.83 bits per heavy atom. The van der Waals surface area contributed by atoms with Gasteiger partial charge in [0.05, 0.1) is 13.2 Å². The monoisotopic (exact) mass is 357 g/mol. The lowest BCUT2D eigenvalue weighted by molar-refractivity contribution is -0.149. The second-order valence-corrected chi connectivity index (χ2v) is 8.15. The maximum absolute atomic E-state index is 12.6. The van der Waals surface area contributed by atoms with Gasteiger partial charge in [-0.15, -0.1) is 23.2 Å². The lowest BCUT2D eigenvalue weighted by Crippen LogP contribution is -2.52. The van der Waals surface area contributed by atoms with Gasteiger partial charge in [0.2, 0.25) is 0 Å². The molecule has 1 saturated heterocycles. The molecule has 1 saturated carbocycles. The van der Waals surface area contributed by atoms with E-state index in [4.69, 9.17) is 32.7 Å². The van der Waals surface area contributed by atoms with Crippen LogP contribution < -0.4 is 4.74 Å². The lowest BCUT2D eigenvalue weighted by atomic mass is 10.1. The van der Waals surface area contributed by atoms with Crippen LogP contribution in [0.4, 0.5) is 0 Å². The predicted octanol–water partition coefficient (Wildman–Crippen LogP) is 3.36. The van der Waals surface area contributed by atoms with Gasteiger partial charge in [-0.1, -0.05) is 12.1 Å². The van der Waals surface area contributed by atoms with E-state index in [0.717, 1.165) is 12.0 Å². The van der Waals surface area contributed by atoms with Crippen LogP contribution in [0.25, 0.3) is 0 Å². The third kappa shape index (κ3) is 3.76. The Labute approximate surface area is 146 Å². The molecular formula is C17H21Cl2NO3. The van der Waals surface area contributed by atoms with Gasteiger partial charge in [-0.2, -0.15) is 0 Å². The molecule has 0 bridgehead atoms. The minimum Gasteiger partial charge on any atom is -0.478 e. The number of carbonyl (C=O) groups is 1. The van der Waals surface area contributed by atoms with Crippen molar-refractivity contribution in [3.05, 3.63) is 29.8 Å². The highest BCUT2D eigenvalue weighted by Crippen LogP contribution is 2.59. The number of morpholine rings is 1. The molecule has 0 radical (unpaired) electrons. The molecule has 3 rings (SSSR count). The van der Waals surface area contributed by atoms with Crippen molar-refractivity contribution in [2.45, 2.75) is 36.1 Å². The summed E-state index contributed by atoms with van der Waals surface area (Å²) in [5, 5.41) is 0. The molecular weight excluding hydrogens is 337 g/mol. The summed E-state index contributed by atoms with van der Waals surface area (Å²) in [7, 11) is 0. The molecule has 1 aliphatic heterocycles. The molecule has 23 heavy (non-hydrogen) atoms. The highest BCUT2D eigenvalue weighted by atomic mass is 35.5. The standard InChI is InChI=1S/C17H21Cl2NO3/c1-16(2,15(21)20-7-9-22-10-8-20)23-13-5-3-12(4-6-13)14-11-17(14,18)19/h3-6,14H,7-11H2,1-2H3/t14-/m1/s1. The minimum atomic E-state index is -0.916. The number of ether oxygens (including phenoxy) is 2. The van der Waals surface area contributed by atoms with E-state index in [2.05, 4.69) is 0 Å². The lowest BCUT2D eigenvalue weighted by Gasteiger charge is -2.34. The molecule has 126 valence electrons. The predicted molar refractivity (Wildman–Crippen MR) is 90.3 cm³/mol. The van der Waals surface area contributed by atoms with Crippen LogP contribution in [0.5, 0.6) is 5.75 Å². The Kier molecular flexibility index (Phi) is 4.51. The van der Waals surface area contributed by atoms with E-state index >= 15 is 0 Å². The Bertz CT molecular complexity index is 580. The maximum Gasteiger partial charge on any atom is 0.266 e. The molecule has 1 heterocycles. The molecule has 1 amide bonds. The fraction of sp³-hybridized carbons (Fsp3) is 0.588. The van der Waals surface area contributed by atoms with Crippen molar-refractivity contribution in [2.75, 3.05) is 26.3 Å². The van der Waals surface area contributed by atoms with Gasteiger partial charge in [-0.05, 0) is 38.0 Å². The molecule has 0 spiro atoms. The zero-order chi connectivity index (χ0) is 16.7. The van der Waals surface area contributed by atoms with Gasteiger partial charge >= 0.3 is 0 Å². The van der Waals surface area contributed by atoms with E-state index in [-0.39, 0.29) is 11.8 Å². The molecule has 2 fully saturated rings. The first kappa shape index (κ1) is 16.9. The number of benzene rings is 1. The Morgan fingerprint density at radius 1 is 1.26 bits per heavy atom. The average molecular weight is 358 g/mol. The van der Waals surface area contributed by atoms with E-state index in [1.54, 1.807) is 18.7 Å². The number of rotatable bonds is 4. The molecule has 0 unspecified atom stereocenters. The number of halogens is 2. The topological polar surface area (TPSA) is 38.8 Å². The summed E-state index contributed by atoms with van der Waals surface area (Å²) in [6.45, 7) is 5.97. The van der Waals surface area contributed by atoms with Gasteiger partial charge < -0.3 is 14.4 Å². The summed E-state index contributed by atoms with van der Waals surface area (Å²) in [5.41, 5.74) is 0.181. The second-order valence-electron chi connectivity index (χ2n) is 6.60. The molecule has 0 N–H and O–H groups in total. The van der Waals surface area contributed by atoms with Crippen LogP contribution in [-0.4, -0.2) is 47.0 Å². The first-order valence-corrected chi connectivity index (χ1v) is 8.59. The summed E-state index contributed by atoms with van der Waals surface area (Å²) in [6.07, 6.45) is 0.775. The van der Waals surface area contributed by atoms with Crippen LogP contribution in [0, 0.1) is 0 Å². The first-order valence-electron chi connectivity index (χ1n) is 7.83. The molecule has 1 atom stereocenters. The highest BCUT2D eigenvalue weighted by Gasteiger charge is 2.52. The normalized spacial score (nSPS) is 23.5. The van der Waals surface area contributed by atoms with Crippen LogP contribution >= 0.6 is 23.2 Å². The third-order valence-electron chi connectivity index (χ3n) is 4.29. The van der Waals surface area contributed by atoms with Gasteiger partial charge in [0.25, 0.3) is 5.91 Å². The van der Waals surface area contributed by atoms with Crippen molar-refractivity contribution >= 4 is 29.1 Å². The van der Waals surface area contributed by atoms with Crippen molar-refractivity contribution in [3.63, 3.8) is 0 Å². The summed E-state index contributed by atoms with van der Waals surface area (Å²) >= 11 is 12.2. The van der Waals surface area contributed by atoms with E-state index in [9.17, 15) is 4.79 Å². The van der Waals surface area contributed by atoms with Crippen LogP contribution in [0.1, 0.15) is 31.7 Å². The highest BCUT2D eigenvalue weighted by molar-refractivity contribution is 6.51. The van der Waals surface area contributed by atoms with Crippen molar-refractivity contribution in [3.8, 4) is 5.75 Å². The van der Waals surface area contributed by atoms with E-state index in [1.807, 2.05) is 24.3 Å². The van der Waals surface area contributed by atoms with E-state index in [1.165, 1.54) is 0 Å². The molecule has 0 aromatic heterocycles. The van der Waals surface area contributed by atoms with E-state index in [0.29, 0.717) is 32.1 Å². The molecule has 6 heteroatoms. The Hall–Kier alpha value is -0.970. The fourth-order valence-corrected chi connectivity index (χ4v) is 3.39. The van der Waals surface area contributed by atoms with Gasteiger partial charge in [0, 0.05) is 19.0 Å². The summed E-state index contributed by atoms with van der Waals surface area (Å²) in [4.78, 5) is 14.4. The number of nitrogens with zero attached hydrogens (tertiary/aromatic N) is 1. The molecule has 1 aromatic rings. The minimum absolute atomic E-state index is 0.0207. The van der Waals surface area contributed by atoms with Crippen LogP contribution in [-0.2, 0) is 9.53 Å². The van der Waals surface area contributed by atoms with Gasteiger partial charge in [0.1, 0.15) is 10.1 Å². The smallest absolute Gasteiger partial charge is 0.266 e. The van der Waals surface area contributed by atoms with Gasteiger partial charge in [0.15, 0.2) is 5.60 Å². The van der Waals surface area contributed by atoms with Crippen molar-refractivity contribution in [1.29, 1.82) is 0 Å². The SMILES string of the molecule is CC(C)(Oc1ccc([C@H]2CC2(Cl)Cl)cc1)C(=O)N1CCOCC1. The van der Waals surface area contributed by atoms with Crippen molar-refractivity contribution in [2.24, 2.45) is 0 Å². The maximum atomic E-state index is 12.6. The second kappa shape index (κ2) is 6.15. The van der Waals surface area contributed by atoms with Crippen LogP contribution in [0.2, 0.25) is 0 Å². The fourth-order valence-electron chi connectivity index (χ4n) is 2.83. The third-order valence-corrected chi connectivity index (χ3v) is 5.13. The number of hydrogen-bond acceptors (Lipinski definition) is 3. The summed E-state index contributed by atoms with van der Waals surface area (Å²) in [5.74, 6) is 0.825. The van der Waals surface area contributed by atoms with Crippen LogP contribution in [0.15, 0.2) is 24.3 Å². The largest absolute Gasteiger partial charge is 0.478 e. The average Bonchev–Trinajstić information content (AvgIpc) is 3.16. The van der Waals surface area contributed by atoms with Gasteiger partial charge in [-0.25, -0.2) is 0 Å². The number of hydrogen-bond donors (Lipinski definition) is 0. The Morgan fingerprint density at radius 3 is 2.35 bits per heavy atom. The van der Waals surface area contributed by atoms with E-state index < -0.39 is 9.93 Å². The van der Waals surface area contributed by atoms with Crippen molar-refractivity contribution < 1.29 is 14.3 Å². The number of carbonyl (C=O) groups excluding carboxylic acids is 1. The first-order chi connectivity index (χ1) is 10.8. The number of amides is 1. The molecule has 2 aliphatic rings. The molecule has 4 nitrogen and oxygen atoms in total. The van der Waals surface area contributed by atoms with Crippen LogP contribution in [0.3, 0.4) is 0 Å². The van der Waals surface area contributed by atoms with Crippen molar-refractivity contribution in [1.82, 2.24) is 4.90 Å². The Balaban J connectivity index is 1.64. The molecule has 1 aliphatic carbocycles. The zero-order valence-electron chi connectivity index (χ0n) is 13.4. The summed E-state index contributed by atoms with van der Waals surface area (Å²) in [6, 6.07) is 7.65. The number of alkyl halides is 2.